The lowest BCUT2D eigenvalue weighted by Crippen LogP contribution is -2.15. The maximum Gasteiger partial charge on any atom is 0.0839 e. The van der Waals surface area contributed by atoms with E-state index in [1.54, 1.807) is 0 Å². The van der Waals surface area contributed by atoms with Crippen LogP contribution in [-0.4, -0.2) is 33.6 Å². The van der Waals surface area contributed by atoms with Gasteiger partial charge in [-0.15, -0.1) is 16.7 Å². The van der Waals surface area contributed by atoms with Gasteiger partial charge in [0.2, 0.25) is 0 Å². The van der Waals surface area contributed by atoms with Gasteiger partial charge in [-0.25, -0.2) is 4.68 Å². The summed E-state index contributed by atoms with van der Waals surface area (Å²) < 4.78 is 7.36. The molecule has 0 radical (unpaired) electrons. The van der Waals surface area contributed by atoms with Gasteiger partial charge in [-0.3, -0.25) is 0 Å². The fourth-order valence-corrected chi connectivity index (χ4v) is 1.83. The van der Waals surface area contributed by atoms with Crippen LogP contribution in [0.3, 0.4) is 0 Å². The molecule has 2 rings (SSSR count). The first-order valence-corrected chi connectivity index (χ1v) is 5.48. The number of alkyl halides is 1. The van der Waals surface area contributed by atoms with Crippen LogP contribution in [0, 0.1) is 0 Å². The Balaban J connectivity index is 1.88. The number of hydrogen-bond acceptors (Lipinski definition) is 3. The van der Waals surface area contributed by atoms with Gasteiger partial charge in [-0.05, 0) is 12.8 Å². The van der Waals surface area contributed by atoms with E-state index in [0.29, 0.717) is 12.0 Å². The number of hydrogen-bond donors (Lipinski definition) is 0. The lowest BCUT2D eigenvalue weighted by Gasteiger charge is -2.07. The minimum Gasteiger partial charge on any atom is -0.376 e. The molecule has 0 N–H and O–H groups in total. The Bertz CT molecular complexity index is 283. The Labute approximate surface area is 88.2 Å². The summed E-state index contributed by atoms with van der Waals surface area (Å²) >= 11 is 5.61. The highest BCUT2D eigenvalue weighted by Crippen LogP contribution is 2.13. The third-order valence-electron chi connectivity index (χ3n) is 2.35. The van der Waals surface area contributed by atoms with E-state index in [0.717, 1.165) is 38.1 Å². The fourth-order valence-electron chi connectivity index (χ4n) is 1.64. The zero-order chi connectivity index (χ0) is 9.80. The van der Waals surface area contributed by atoms with Crippen LogP contribution in [0.25, 0.3) is 0 Å². The largest absolute Gasteiger partial charge is 0.376 e. The van der Waals surface area contributed by atoms with Gasteiger partial charge in [0.1, 0.15) is 0 Å². The van der Waals surface area contributed by atoms with Crippen molar-refractivity contribution >= 4 is 11.6 Å². The van der Waals surface area contributed by atoms with Crippen molar-refractivity contribution in [3.63, 3.8) is 0 Å². The van der Waals surface area contributed by atoms with Crippen LogP contribution in [0.1, 0.15) is 18.5 Å². The van der Waals surface area contributed by atoms with Gasteiger partial charge < -0.3 is 4.74 Å². The summed E-state index contributed by atoms with van der Waals surface area (Å²) in [4.78, 5) is 0. The molecule has 0 spiro atoms. The van der Waals surface area contributed by atoms with Crippen LogP contribution in [0.4, 0.5) is 0 Å². The van der Waals surface area contributed by atoms with Gasteiger partial charge in [-0.2, -0.15) is 0 Å². The third kappa shape index (κ3) is 2.45. The van der Waals surface area contributed by atoms with E-state index in [-0.39, 0.29) is 0 Å². The van der Waals surface area contributed by atoms with E-state index < -0.39 is 0 Å². The fraction of sp³-hybridized carbons (Fsp3) is 0.778. The molecule has 2 heterocycles. The molecule has 0 amide bonds. The molecule has 1 aliphatic heterocycles. The van der Waals surface area contributed by atoms with E-state index >= 15 is 0 Å². The third-order valence-corrected chi connectivity index (χ3v) is 2.54. The van der Waals surface area contributed by atoms with Gasteiger partial charge in [0, 0.05) is 25.1 Å². The van der Waals surface area contributed by atoms with Crippen molar-refractivity contribution in [2.45, 2.75) is 31.9 Å². The maximum atomic E-state index is 5.61. The van der Waals surface area contributed by atoms with E-state index in [9.17, 15) is 0 Å². The molecular formula is C9H14ClN3O. The number of nitrogens with zero attached hydrogens (tertiary/aromatic N) is 3. The molecule has 1 aromatic heterocycles. The van der Waals surface area contributed by atoms with Crippen LogP contribution in [-0.2, 0) is 17.7 Å². The van der Waals surface area contributed by atoms with Crippen molar-refractivity contribution in [3.05, 3.63) is 11.9 Å². The number of ether oxygens (including phenoxy) is 1. The first-order valence-electron chi connectivity index (χ1n) is 4.95. The first kappa shape index (κ1) is 9.93. The summed E-state index contributed by atoms with van der Waals surface area (Å²) in [6.45, 7) is 1.70. The van der Waals surface area contributed by atoms with Crippen LogP contribution in [0.5, 0.6) is 0 Å². The average molecular weight is 216 g/mol. The number of aromatic nitrogens is 3. The van der Waals surface area contributed by atoms with E-state index in [1.807, 2.05) is 10.9 Å². The Kier molecular flexibility index (Phi) is 3.37. The summed E-state index contributed by atoms with van der Waals surface area (Å²) in [5.74, 6) is 0.596. The molecule has 5 heteroatoms. The zero-order valence-corrected chi connectivity index (χ0v) is 8.78. The van der Waals surface area contributed by atoms with E-state index in [1.165, 1.54) is 0 Å². The SMILES string of the molecule is ClCCc1cn(CC2CCCO2)nn1. The van der Waals surface area contributed by atoms with Crippen LogP contribution in [0.2, 0.25) is 0 Å². The number of rotatable bonds is 4. The molecule has 4 nitrogen and oxygen atoms in total. The predicted molar refractivity (Wildman–Crippen MR) is 53.4 cm³/mol. The van der Waals surface area contributed by atoms with Crippen LogP contribution < -0.4 is 0 Å². The molecular weight excluding hydrogens is 202 g/mol. The van der Waals surface area contributed by atoms with Crippen molar-refractivity contribution < 1.29 is 4.74 Å². The van der Waals surface area contributed by atoms with Gasteiger partial charge in [0.25, 0.3) is 0 Å². The summed E-state index contributed by atoms with van der Waals surface area (Å²) in [6.07, 6.45) is 5.34. The molecule has 0 bridgehead atoms. The van der Waals surface area contributed by atoms with E-state index in [2.05, 4.69) is 10.3 Å². The smallest absolute Gasteiger partial charge is 0.0839 e. The zero-order valence-electron chi connectivity index (χ0n) is 8.03. The highest BCUT2D eigenvalue weighted by atomic mass is 35.5. The molecule has 1 saturated heterocycles. The lowest BCUT2D eigenvalue weighted by molar-refractivity contribution is 0.0935. The quantitative estimate of drug-likeness (QED) is 0.710. The summed E-state index contributed by atoms with van der Waals surface area (Å²) in [5, 5.41) is 8.05. The van der Waals surface area contributed by atoms with Crippen molar-refractivity contribution in [2.24, 2.45) is 0 Å². The Morgan fingerprint density at radius 3 is 3.29 bits per heavy atom. The molecule has 1 aromatic rings. The molecule has 1 atom stereocenters. The van der Waals surface area contributed by atoms with Crippen molar-refractivity contribution in [2.75, 3.05) is 12.5 Å². The topological polar surface area (TPSA) is 39.9 Å². The minimum absolute atomic E-state index is 0.320. The Hall–Kier alpha value is -0.610. The summed E-state index contributed by atoms with van der Waals surface area (Å²) in [6, 6.07) is 0. The summed E-state index contributed by atoms with van der Waals surface area (Å²) in [5.41, 5.74) is 0.956. The second-order valence-corrected chi connectivity index (χ2v) is 3.88. The highest BCUT2D eigenvalue weighted by Gasteiger charge is 2.16. The maximum absolute atomic E-state index is 5.61. The minimum atomic E-state index is 0.320. The monoisotopic (exact) mass is 215 g/mol. The Morgan fingerprint density at radius 2 is 2.57 bits per heavy atom. The van der Waals surface area contributed by atoms with Gasteiger partial charge in [-0.1, -0.05) is 5.21 Å². The molecule has 0 saturated carbocycles. The number of aryl methyl sites for hydroxylation is 1. The molecule has 1 fully saturated rings. The predicted octanol–water partition coefficient (Wildman–Crippen LogP) is 1.24. The normalized spacial score (nSPS) is 21.6. The molecule has 1 aliphatic rings. The van der Waals surface area contributed by atoms with Crippen LogP contribution in [0.15, 0.2) is 6.20 Å². The number of halogens is 1. The molecule has 0 aliphatic carbocycles. The van der Waals surface area contributed by atoms with Gasteiger partial charge in [0.05, 0.1) is 18.3 Å². The second-order valence-electron chi connectivity index (χ2n) is 3.51. The van der Waals surface area contributed by atoms with Crippen LogP contribution >= 0.6 is 11.6 Å². The second kappa shape index (κ2) is 4.75. The Morgan fingerprint density at radius 1 is 1.64 bits per heavy atom. The standard InChI is InChI=1S/C9H14ClN3O/c10-4-3-8-6-13(12-11-8)7-9-2-1-5-14-9/h6,9H,1-5,7H2. The van der Waals surface area contributed by atoms with Gasteiger partial charge in [0.15, 0.2) is 0 Å². The van der Waals surface area contributed by atoms with Gasteiger partial charge >= 0.3 is 0 Å². The highest BCUT2D eigenvalue weighted by molar-refractivity contribution is 6.17. The summed E-state index contributed by atoms with van der Waals surface area (Å²) in [7, 11) is 0. The molecule has 78 valence electrons. The van der Waals surface area contributed by atoms with Crippen molar-refractivity contribution in [3.8, 4) is 0 Å². The molecule has 0 aromatic carbocycles. The van der Waals surface area contributed by atoms with E-state index in [4.69, 9.17) is 16.3 Å². The first-order chi connectivity index (χ1) is 6.88. The van der Waals surface area contributed by atoms with Crippen molar-refractivity contribution in [1.82, 2.24) is 15.0 Å². The molecule has 1 unspecified atom stereocenters. The lowest BCUT2D eigenvalue weighted by atomic mass is 10.2. The molecule has 14 heavy (non-hydrogen) atoms. The van der Waals surface area contributed by atoms with Crippen molar-refractivity contribution in [1.29, 1.82) is 0 Å². The average Bonchev–Trinajstić information content (AvgIpc) is 2.79.